The van der Waals surface area contributed by atoms with E-state index in [1.807, 2.05) is 13.8 Å². The summed E-state index contributed by atoms with van der Waals surface area (Å²) in [5.74, 6) is -0.361. The Morgan fingerprint density at radius 2 is 1.83 bits per heavy atom. The number of carbonyl (C=O) groups excluding carboxylic acids is 2. The Morgan fingerprint density at radius 1 is 1.13 bits per heavy atom. The number of rotatable bonds is 9. The van der Waals surface area contributed by atoms with E-state index in [1.54, 1.807) is 41.1 Å². The van der Waals surface area contributed by atoms with E-state index < -0.39 is 4.92 Å². The molecular weight excluding hydrogens is 408 g/mol. The maximum atomic E-state index is 12.5. The van der Waals surface area contributed by atoms with Gasteiger partial charge < -0.3 is 10.2 Å². The Labute approximate surface area is 180 Å². The molecule has 2 aromatic carbocycles. The summed E-state index contributed by atoms with van der Waals surface area (Å²) in [6, 6.07) is 11.0. The number of non-ortho nitro benzene ring substituents is 1. The molecule has 0 bridgehead atoms. The van der Waals surface area contributed by atoms with Crippen molar-refractivity contribution in [3.8, 4) is 0 Å². The second kappa shape index (κ2) is 10.7. The summed E-state index contributed by atoms with van der Waals surface area (Å²) in [6.07, 6.45) is 0. The fourth-order valence-electron chi connectivity index (χ4n) is 3.01. The van der Waals surface area contributed by atoms with E-state index in [0.717, 1.165) is 0 Å². The standard InChI is InChI=1S/C21H25ClN4O4/c1-4-25(5-2)21(28)15-7-6-8-17(11-15)23-20(27)14-24(3)13-16-12-18(26(29)30)9-10-19(16)22/h6-12H,4-5,13-14H2,1-3H3,(H,23,27). The lowest BCUT2D eigenvalue weighted by Crippen LogP contribution is -2.31. The van der Waals surface area contributed by atoms with Gasteiger partial charge in [0.05, 0.1) is 11.5 Å². The molecule has 0 aromatic heterocycles. The molecule has 0 aliphatic rings. The number of amides is 2. The molecule has 8 nitrogen and oxygen atoms in total. The molecule has 0 unspecified atom stereocenters. The topological polar surface area (TPSA) is 95.8 Å². The van der Waals surface area contributed by atoms with Crippen molar-refractivity contribution in [1.29, 1.82) is 0 Å². The number of nitrogens with zero attached hydrogens (tertiary/aromatic N) is 3. The van der Waals surface area contributed by atoms with Crippen LogP contribution in [0, 0.1) is 10.1 Å². The first kappa shape index (κ1) is 23.3. The molecule has 2 amide bonds. The van der Waals surface area contributed by atoms with Gasteiger partial charge in [-0.15, -0.1) is 0 Å². The van der Waals surface area contributed by atoms with Crippen LogP contribution in [-0.4, -0.2) is 53.2 Å². The predicted molar refractivity (Wildman–Crippen MR) is 117 cm³/mol. The minimum atomic E-state index is -0.487. The average molecular weight is 433 g/mol. The highest BCUT2D eigenvalue weighted by molar-refractivity contribution is 6.31. The molecule has 160 valence electrons. The zero-order valence-electron chi connectivity index (χ0n) is 17.2. The summed E-state index contributed by atoms with van der Waals surface area (Å²) in [5, 5.41) is 14.1. The smallest absolute Gasteiger partial charge is 0.269 e. The summed E-state index contributed by atoms with van der Waals surface area (Å²) < 4.78 is 0. The van der Waals surface area contributed by atoms with E-state index in [2.05, 4.69) is 5.32 Å². The molecular formula is C21H25ClN4O4. The molecule has 0 radical (unpaired) electrons. The Balaban J connectivity index is 2.01. The van der Waals surface area contributed by atoms with Crippen LogP contribution in [0.4, 0.5) is 11.4 Å². The fraction of sp³-hybridized carbons (Fsp3) is 0.333. The molecule has 0 heterocycles. The van der Waals surface area contributed by atoms with Gasteiger partial charge >= 0.3 is 0 Å². The van der Waals surface area contributed by atoms with E-state index >= 15 is 0 Å². The molecule has 0 atom stereocenters. The summed E-state index contributed by atoms with van der Waals surface area (Å²) in [4.78, 5) is 38.8. The highest BCUT2D eigenvalue weighted by Gasteiger charge is 2.15. The number of halogens is 1. The minimum Gasteiger partial charge on any atom is -0.339 e. The first-order chi connectivity index (χ1) is 14.2. The summed E-state index contributed by atoms with van der Waals surface area (Å²) >= 11 is 6.12. The number of nitro groups is 1. The molecule has 2 aromatic rings. The molecule has 0 saturated carbocycles. The van der Waals surface area contributed by atoms with Crippen molar-refractivity contribution in [2.75, 3.05) is 32.0 Å². The first-order valence-corrected chi connectivity index (χ1v) is 9.93. The number of nitrogens with one attached hydrogen (secondary N) is 1. The number of carbonyl (C=O) groups is 2. The van der Waals surface area contributed by atoms with E-state index in [9.17, 15) is 19.7 Å². The Bertz CT molecular complexity index is 931. The average Bonchev–Trinajstić information content (AvgIpc) is 2.70. The number of benzene rings is 2. The zero-order chi connectivity index (χ0) is 22.3. The van der Waals surface area contributed by atoms with Crippen LogP contribution in [0.1, 0.15) is 29.8 Å². The van der Waals surface area contributed by atoms with Crippen LogP contribution in [0.5, 0.6) is 0 Å². The molecule has 30 heavy (non-hydrogen) atoms. The third-order valence-electron chi connectivity index (χ3n) is 4.54. The largest absolute Gasteiger partial charge is 0.339 e. The van der Waals surface area contributed by atoms with Gasteiger partial charge in [0, 0.05) is 48.0 Å². The summed E-state index contributed by atoms with van der Waals surface area (Å²) in [6.45, 7) is 5.36. The van der Waals surface area contributed by atoms with Gasteiger partial charge in [-0.25, -0.2) is 0 Å². The molecule has 0 fully saturated rings. The normalized spacial score (nSPS) is 10.7. The number of hydrogen-bond donors (Lipinski definition) is 1. The van der Waals surface area contributed by atoms with Crippen LogP contribution in [0.25, 0.3) is 0 Å². The van der Waals surface area contributed by atoms with Gasteiger partial charge in [-0.2, -0.15) is 0 Å². The number of likely N-dealkylation sites (N-methyl/N-ethyl adjacent to an activating group) is 1. The predicted octanol–water partition coefficient (Wildman–Crippen LogP) is 3.80. The van der Waals surface area contributed by atoms with E-state index in [4.69, 9.17) is 11.6 Å². The van der Waals surface area contributed by atoms with Crippen molar-refractivity contribution in [2.45, 2.75) is 20.4 Å². The van der Waals surface area contributed by atoms with Crippen LogP contribution < -0.4 is 5.32 Å². The fourth-order valence-corrected chi connectivity index (χ4v) is 3.19. The van der Waals surface area contributed by atoms with Crippen molar-refractivity contribution in [1.82, 2.24) is 9.80 Å². The lowest BCUT2D eigenvalue weighted by molar-refractivity contribution is -0.384. The SMILES string of the molecule is CCN(CC)C(=O)c1cccc(NC(=O)CN(C)Cc2cc([N+](=O)[O-])ccc2Cl)c1. The Hall–Kier alpha value is -2.97. The lowest BCUT2D eigenvalue weighted by Gasteiger charge is -2.19. The zero-order valence-corrected chi connectivity index (χ0v) is 18.0. The first-order valence-electron chi connectivity index (χ1n) is 9.55. The third-order valence-corrected chi connectivity index (χ3v) is 4.91. The minimum absolute atomic E-state index is 0.0488. The molecule has 0 spiro atoms. The van der Waals surface area contributed by atoms with Crippen LogP contribution >= 0.6 is 11.6 Å². The van der Waals surface area contributed by atoms with E-state index in [0.29, 0.717) is 34.9 Å². The van der Waals surface area contributed by atoms with Crippen molar-refractivity contribution < 1.29 is 14.5 Å². The Morgan fingerprint density at radius 3 is 2.47 bits per heavy atom. The lowest BCUT2D eigenvalue weighted by atomic mass is 10.1. The van der Waals surface area contributed by atoms with E-state index in [-0.39, 0.29) is 30.6 Å². The van der Waals surface area contributed by atoms with E-state index in [1.165, 1.54) is 18.2 Å². The summed E-state index contributed by atoms with van der Waals surface area (Å²) in [5.41, 5.74) is 1.54. The highest BCUT2D eigenvalue weighted by Crippen LogP contribution is 2.23. The van der Waals surface area contributed by atoms with Gasteiger partial charge in [-0.1, -0.05) is 17.7 Å². The molecule has 0 aliphatic heterocycles. The van der Waals surface area contributed by atoms with Crippen molar-refractivity contribution in [2.24, 2.45) is 0 Å². The van der Waals surface area contributed by atoms with Crippen LogP contribution in [0.2, 0.25) is 5.02 Å². The monoisotopic (exact) mass is 432 g/mol. The van der Waals surface area contributed by atoms with Gasteiger partial charge in [0.15, 0.2) is 0 Å². The third kappa shape index (κ3) is 6.27. The molecule has 9 heteroatoms. The van der Waals surface area contributed by atoms with Crippen LogP contribution in [-0.2, 0) is 11.3 Å². The van der Waals surface area contributed by atoms with Gasteiger partial charge in [-0.05, 0) is 50.7 Å². The number of anilines is 1. The van der Waals surface area contributed by atoms with Crippen LogP contribution in [0.15, 0.2) is 42.5 Å². The maximum Gasteiger partial charge on any atom is 0.269 e. The highest BCUT2D eigenvalue weighted by atomic mass is 35.5. The molecule has 0 aliphatic carbocycles. The number of hydrogen-bond acceptors (Lipinski definition) is 5. The molecule has 1 N–H and O–H groups in total. The van der Waals surface area contributed by atoms with Gasteiger partial charge in [0.2, 0.25) is 5.91 Å². The van der Waals surface area contributed by atoms with Crippen molar-refractivity contribution in [3.05, 3.63) is 68.7 Å². The molecule has 0 saturated heterocycles. The van der Waals surface area contributed by atoms with Crippen molar-refractivity contribution in [3.63, 3.8) is 0 Å². The Kier molecular flexibility index (Phi) is 8.32. The second-order valence-corrected chi connectivity index (χ2v) is 7.22. The van der Waals surface area contributed by atoms with Gasteiger partial charge in [0.25, 0.3) is 11.6 Å². The van der Waals surface area contributed by atoms with Gasteiger partial charge in [0.1, 0.15) is 0 Å². The maximum absolute atomic E-state index is 12.5. The second-order valence-electron chi connectivity index (χ2n) is 6.81. The quantitative estimate of drug-likeness (QED) is 0.480. The summed E-state index contributed by atoms with van der Waals surface area (Å²) in [7, 11) is 1.72. The number of nitro benzene ring substituents is 1. The van der Waals surface area contributed by atoms with Crippen LogP contribution in [0.3, 0.4) is 0 Å². The van der Waals surface area contributed by atoms with Crippen molar-refractivity contribution >= 4 is 34.8 Å². The van der Waals surface area contributed by atoms with Gasteiger partial charge in [-0.3, -0.25) is 24.6 Å². The molecule has 2 rings (SSSR count).